The summed E-state index contributed by atoms with van der Waals surface area (Å²) in [7, 11) is 3.67. The molecular weight excluding hydrogens is 238 g/mol. The second kappa shape index (κ2) is 5.05. The van der Waals surface area contributed by atoms with E-state index in [4.69, 9.17) is 4.74 Å². The van der Waals surface area contributed by atoms with Gasteiger partial charge in [-0.1, -0.05) is 6.07 Å². The zero-order chi connectivity index (χ0) is 13.2. The van der Waals surface area contributed by atoms with Gasteiger partial charge in [-0.25, -0.2) is 0 Å². The van der Waals surface area contributed by atoms with Gasteiger partial charge in [0.05, 0.1) is 12.8 Å². The van der Waals surface area contributed by atoms with Crippen molar-refractivity contribution in [2.45, 2.75) is 18.9 Å². The van der Waals surface area contributed by atoms with Crippen molar-refractivity contribution in [1.29, 1.82) is 0 Å². The van der Waals surface area contributed by atoms with E-state index in [1.807, 2.05) is 24.0 Å². The molecule has 1 aromatic heterocycles. The normalized spacial score (nSPS) is 18.1. The molecule has 0 aliphatic carbocycles. The molecule has 1 unspecified atom stereocenters. The smallest absolute Gasteiger partial charge is 0.119 e. The van der Waals surface area contributed by atoms with Gasteiger partial charge in [0, 0.05) is 25.7 Å². The zero-order valence-electron chi connectivity index (χ0n) is 11.4. The molecule has 0 amide bonds. The largest absolute Gasteiger partial charge is 0.497 e. The number of hydrogen-bond donors (Lipinski definition) is 1. The molecule has 1 aliphatic heterocycles. The van der Waals surface area contributed by atoms with Crippen molar-refractivity contribution >= 4 is 0 Å². The molecule has 2 heterocycles. The quantitative estimate of drug-likeness (QED) is 0.912. The molecule has 0 saturated heterocycles. The average Bonchev–Trinajstić information content (AvgIpc) is 2.84. The minimum absolute atomic E-state index is 0.328. The van der Waals surface area contributed by atoms with Gasteiger partial charge < -0.3 is 10.1 Å². The maximum Gasteiger partial charge on any atom is 0.119 e. The number of ether oxygens (including phenoxy) is 1. The van der Waals surface area contributed by atoms with Gasteiger partial charge in [0.2, 0.25) is 0 Å². The molecule has 1 aliphatic rings. The third-order valence-electron chi connectivity index (χ3n) is 3.70. The Morgan fingerprint density at radius 3 is 3.05 bits per heavy atom. The van der Waals surface area contributed by atoms with Crippen LogP contribution in [0.25, 0.3) is 0 Å². The van der Waals surface area contributed by atoms with E-state index in [1.165, 1.54) is 11.1 Å². The molecule has 4 nitrogen and oxygen atoms in total. The van der Waals surface area contributed by atoms with Gasteiger partial charge in [-0.2, -0.15) is 5.10 Å². The number of aromatic nitrogens is 2. The van der Waals surface area contributed by atoms with Gasteiger partial charge in [-0.05, 0) is 42.3 Å². The number of hydrogen-bond acceptors (Lipinski definition) is 3. The topological polar surface area (TPSA) is 39.1 Å². The Bertz CT molecular complexity index is 577. The van der Waals surface area contributed by atoms with Crippen LogP contribution in [0.1, 0.15) is 22.9 Å². The maximum atomic E-state index is 5.34. The van der Waals surface area contributed by atoms with Gasteiger partial charge >= 0.3 is 0 Å². The molecule has 1 atom stereocenters. The standard InChI is InChI=1S/C15H19N3O/c1-18-8-6-12(17-18)9-15-14-10-13(19-2)4-3-11(14)5-7-16-15/h3-4,6,8,10,15-16H,5,7,9H2,1-2H3. The van der Waals surface area contributed by atoms with Gasteiger partial charge in [-0.3, -0.25) is 4.68 Å². The number of nitrogens with one attached hydrogen (secondary N) is 1. The fraction of sp³-hybridized carbons (Fsp3) is 0.400. The Morgan fingerprint density at radius 1 is 1.42 bits per heavy atom. The fourth-order valence-electron chi connectivity index (χ4n) is 2.71. The molecule has 0 saturated carbocycles. The van der Waals surface area contributed by atoms with Crippen molar-refractivity contribution in [3.8, 4) is 5.75 Å². The van der Waals surface area contributed by atoms with Crippen LogP contribution in [0.5, 0.6) is 5.75 Å². The highest BCUT2D eigenvalue weighted by atomic mass is 16.5. The van der Waals surface area contributed by atoms with Crippen LogP contribution >= 0.6 is 0 Å². The van der Waals surface area contributed by atoms with E-state index in [9.17, 15) is 0 Å². The lowest BCUT2D eigenvalue weighted by Gasteiger charge is -2.27. The van der Waals surface area contributed by atoms with Crippen LogP contribution in [-0.4, -0.2) is 23.4 Å². The van der Waals surface area contributed by atoms with E-state index in [0.717, 1.165) is 30.8 Å². The number of fused-ring (bicyclic) bond motifs is 1. The van der Waals surface area contributed by atoms with Crippen molar-refractivity contribution < 1.29 is 4.74 Å². The van der Waals surface area contributed by atoms with Gasteiger partial charge in [0.15, 0.2) is 0 Å². The van der Waals surface area contributed by atoms with E-state index in [0.29, 0.717) is 6.04 Å². The van der Waals surface area contributed by atoms with E-state index in [-0.39, 0.29) is 0 Å². The van der Waals surface area contributed by atoms with Crippen LogP contribution in [0, 0.1) is 0 Å². The highest BCUT2D eigenvalue weighted by Crippen LogP contribution is 2.29. The van der Waals surface area contributed by atoms with Gasteiger partial charge in [-0.15, -0.1) is 0 Å². The Balaban J connectivity index is 1.88. The number of methoxy groups -OCH3 is 1. The molecule has 1 N–H and O–H groups in total. The molecule has 3 rings (SSSR count). The summed E-state index contributed by atoms with van der Waals surface area (Å²) in [6.07, 6.45) is 3.99. The second-order valence-electron chi connectivity index (χ2n) is 5.01. The van der Waals surface area contributed by atoms with Crippen molar-refractivity contribution in [3.05, 3.63) is 47.3 Å². The van der Waals surface area contributed by atoms with Crippen molar-refractivity contribution in [2.24, 2.45) is 7.05 Å². The number of rotatable bonds is 3. The SMILES string of the molecule is COc1ccc2c(c1)C(Cc1ccn(C)n1)NCC2. The third-order valence-corrected chi connectivity index (χ3v) is 3.70. The van der Waals surface area contributed by atoms with E-state index < -0.39 is 0 Å². The predicted molar refractivity (Wildman–Crippen MR) is 74.4 cm³/mol. The van der Waals surface area contributed by atoms with E-state index in [2.05, 4.69) is 28.6 Å². The van der Waals surface area contributed by atoms with Gasteiger partial charge in [0.25, 0.3) is 0 Å². The minimum atomic E-state index is 0.328. The van der Waals surface area contributed by atoms with E-state index >= 15 is 0 Å². The zero-order valence-corrected chi connectivity index (χ0v) is 11.4. The van der Waals surface area contributed by atoms with Gasteiger partial charge in [0.1, 0.15) is 5.75 Å². The Kier molecular flexibility index (Phi) is 3.25. The molecule has 2 aromatic rings. The third kappa shape index (κ3) is 2.49. The lowest BCUT2D eigenvalue weighted by Crippen LogP contribution is -2.31. The molecule has 100 valence electrons. The summed E-state index contributed by atoms with van der Waals surface area (Å²) in [5, 5.41) is 8.05. The van der Waals surface area contributed by atoms with Crippen LogP contribution in [0.15, 0.2) is 30.5 Å². The monoisotopic (exact) mass is 257 g/mol. The number of aryl methyl sites for hydroxylation is 1. The van der Waals surface area contributed by atoms with Crippen LogP contribution in [-0.2, 0) is 19.9 Å². The molecule has 0 fully saturated rings. The molecule has 0 bridgehead atoms. The Labute approximate surface area is 113 Å². The molecule has 4 heteroatoms. The van der Waals surface area contributed by atoms with Crippen molar-refractivity contribution in [2.75, 3.05) is 13.7 Å². The first-order valence-corrected chi connectivity index (χ1v) is 6.65. The first kappa shape index (κ1) is 12.2. The van der Waals surface area contributed by atoms with Crippen LogP contribution in [0.2, 0.25) is 0 Å². The molecule has 19 heavy (non-hydrogen) atoms. The van der Waals surface area contributed by atoms with Crippen LogP contribution < -0.4 is 10.1 Å². The van der Waals surface area contributed by atoms with Crippen LogP contribution in [0.4, 0.5) is 0 Å². The van der Waals surface area contributed by atoms with Crippen molar-refractivity contribution in [1.82, 2.24) is 15.1 Å². The highest BCUT2D eigenvalue weighted by Gasteiger charge is 2.21. The van der Waals surface area contributed by atoms with Crippen LogP contribution in [0.3, 0.4) is 0 Å². The molecule has 0 radical (unpaired) electrons. The number of benzene rings is 1. The first-order chi connectivity index (χ1) is 9.26. The predicted octanol–water partition coefficient (Wildman–Crippen LogP) is 1.86. The summed E-state index contributed by atoms with van der Waals surface area (Å²) in [4.78, 5) is 0. The lowest BCUT2D eigenvalue weighted by molar-refractivity contribution is 0.411. The second-order valence-corrected chi connectivity index (χ2v) is 5.01. The van der Waals surface area contributed by atoms with Crippen molar-refractivity contribution in [3.63, 3.8) is 0 Å². The summed E-state index contributed by atoms with van der Waals surface area (Å²) in [5.41, 5.74) is 3.88. The fourth-order valence-corrected chi connectivity index (χ4v) is 2.71. The number of nitrogens with zero attached hydrogens (tertiary/aromatic N) is 2. The lowest BCUT2D eigenvalue weighted by atomic mass is 9.91. The summed E-state index contributed by atoms with van der Waals surface area (Å²) >= 11 is 0. The Morgan fingerprint density at radius 2 is 2.32 bits per heavy atom. The summed E-state index contributed by atoms with van der Waals surface area (Å²) < 4.78 is 7.19. The van der Waals surface area contributed by atoms with E-state index in [1.54, 1.807) is 7.11 Å². The minimum Gasteiger partial charge on any atom is -0.497 e. The summed E-state index contributed by atoms with van der Waals surface area (Å²) in [5.74, 6) is 0.925. The summed E-state index contributed by atoms with van der Waals surface area (Å²) in [6, 6.07) is 8.78. The molecule has 0 spiro atoms. The Hall–Kier alpha value is -1.81. The molecule has 1 aromatic carbocycles. The summed E-state index contributed by atoms with van der Waals surface area (Å²) in [6.45, 7) is 1.02. The highest BCUT2D eigenvalue weighted by molar-refractivity contribution is 5.39. The average molecular weight is 257 g/mol. The maximum absolute atomic E-state index is 5.34. The molecular formula is C15H19N3O. The first-order valence-electron chi connectivity index (χ1n) is 6.65.